The Morgan fingerprint density at radius 3 is 2.15 bits per heavy atom. The second-order valence-electron chi connectivity index (χ2n) is 5.85. The molecule has 0 fully saturated rings. The van der Waals surface area contributed by atoms with Gasteiger partial charge in [-0.25, -0.2) is 0 Å². The number of hydrazine groups is 1. The van der Waals surface area contributed by atoms with E-state index in [0.29, 0.717) is 11.5 Å². The molecule has 2 aromatic rings. The molecule has 0 aromatic heterocycles. The lowest BCUT2D eigenvalue weighted by Gasteiger charge is -2.11. The van der Waals surface area contributed by atoms with Crippen LogP contribution in [0.25, 0.3) is 0 Å². The zero-order valence-electron chi connectivity index (χ0n) is 14.9. The van der Waals surface area contributed by atoms with Gasteiger partial charge in [-0.15, -0.1) is 0 Å². The Hall–Kier alpha value is -2.54. The van der Waals surface area contributed by atoms with Crippen molar-refractivity contribution in [3.05, 3.63) is 57.6 Å². The van der Waals surface area contributed by atoms with Crippen LogP contribution in [0, 0.1) is 20.8 Å². The van der Waals surface area contributed by atoms with E-state index in [1.807, 2.05) is 51.1 Å². The molecule has 0 aliphatic carbocycles. The molecule has 0 aliphatic heterocycles. The largest absolute Gasteiger partial charge is 0.484 e. The van der Waals surface area contributed by atoms with E-state index in [2.05, 4.69) is 26.8 Å². The van der Waals surface area contributed by atoms with Gasteiger partial charge in [0.1, 0.15) is 11.5 Å². The summed E-state index contributed by atoms with van der Waals surface area (Å²) in [5, 5.41) is 0. The topological polar surface area (TPSA) is 76.7 Å². The van der Waals surface area contributed by atoms with Gasteiger partial charge in [0.2, 0.25) is 0 Å². The summed E-state index contributed by atoms with van der Waals surface area (Å²) in [5.41, 5.74) is 7.64. The third-order valence-electron chi connectivity index (χ3n) is 3.53. The maximum Gasteiger partial charge on any atom is 0.276 e. The van der Waals surface area contributed by atoms with E-state index < -0.39 is 11.8 Å². The van der Waals surface area contributed by atoms with Crippen LogP contribution in [0.5, 0.6) is 11.5 Å². The summed E-state index contributed by atoms with van der Waals surface area (Å²) in [6.45, 7) is 5.41. The second-order valence-corrected chi connectivity index (χ2v) is 6.71. The average molecular weight is 421 g/mol. The minimum atomic E-state index is -0.467. The summed E-state index contributed by atoms with van der Waals surface area (Å²) >= 11 is 3.40. The van der Waals surface area contributed by atoms with E-state index in [0.717, 1.165) is 21.2 Å². The minimum absolute atomic E-state index is 0.197. The number of ether oxygens (including phenoxy) is 2. The fourth-order valence-electron chi connectivity index (χ4n) is 2.17. The van der Waals surface area contributed by atoms with Gasteiger partial charge in [0, 0.05) is 4.47 Å². The first-order valence-corrected chi connectivity index (χ1v) is 8.81. The molecule has 0 bridgehead atoms. The van der Waals surface area contributed by atoms with E-state index in [4.69, 9.17) is 9.47 Å². The molecule has 6 nitrogen and oxygen atoms in total. The Kier molecular flexibility index (Phi) is 7.03. The number of carbonyl (C=O) groups is 2. The monoisotopic (exact) mass is 420 g/mol. The van der Waals surface area contributed by atoms with Crippen LogP contribution < -0.4 is 20.3 Å². The van der Waals surface area contributed by atoms with Gasteiger partial charge in [0.15, 0.2) is 13.2 Å². The zero-order chi connectivity index (χ0) is 19.1. The van der Waals surface area contributed by atoms with Gasteiger partial charge in [0.25, 0.3) is 11.8 Å². The predicted molar refractivity (Wildman–Crippen MR) is 102 cm³/mol. The Bertz CT molecular complexity index is 808. The average Bonchev–Trinajstić information content (AvgIpc) is 2.60. The number of halogens is 1. The molecule has 0 spiro atoms. The number of hydrogen-bond donors (Lipinski definition) is 2. The van der Waals surface area contributed by atoms with Gasteiger partial charge in [0.05, 0.1) is 0 Å². The van der Waals surface area contributed by atoms with E-state index >= 15 is 0 Å². The van der Waals surface area contributed by atoms with Crippen molar-refractivity contribution in [3.8, 4) is 11.5 Å². The van der Waals surface area contributed by atoms with Crippen molar-refractivity contribution >= 4 is 27.7 Å². The van der Waals surface area contributed by atoms with Crippen LogP contribution >= 0.6 is 15.9 Å². The standard InChI is InChI=1S/C19H21BrN2O4/c1-12-4-7-17(14(3)8-12)26-11-19(24)22-21-18(23)10-25-15-5-6-16(20)13(2)9-15/h4-9H,10-11H2,1-3H3,(H,21,23)(H,22,24). The maximum atomic E-state index is 11.8. The number of amides is 2. The first kappa shape index (κ1) is 19.8. The van der Waals surface area contributed by atoms with Crippen LogP contribution in [-0.2, 0) is 9.59 Å². The summed E-state index contributed by atoms with van der Waals surface area (Å²) in [6, 6.07) is 11.1. The zero-order valence-corrected chi connectivity index (χ0v) is 16.5. The molecule has 2 amide bonds. The highest BCUT2D eigenvalue weighted by Gasteiger charge is 2.08. The van der Waals surface area contributed by atoms with E-state index in [1.54, 1.807) is 6.07 Å². The van der Waals surface area contributed by atoms with E-state index in [1.165, 1.54) is 0 Å². The molecular formula is C19H21BrN2O4. The van der Waals surface area contributed by atoms with Gasteiger partial charge in [-0.1, -0.05) is 33.6 Å². The number of hydrogen-bond acceptors (Lipinski definition) is 4. The molecule has 2 rings (SSSR count). The fourth-order valence-corrected chi connectivity index (χ4v) is 2.42. The minimum Gasteiger partial charge on any atom is -0.484 e. The molecule has 138 valence electrons. The molecule has 0 unspecified atom stereocenters. The normalized spacial score (nSPS) is 10.2. The predicted octanol–water partition coefficient (Wildman–Crippen LogP) is 2.98. The van der Waals surface area contributed by atoms with Gasteiger partial charge < -0.3 is 9.47 Å². The number of carbonyl (C=O) groups excluding carboxylic acids is 2. The number of benzene rings is 2. The third-order valence-corrected chi connectivity index (χ3v) is 4.42. The summed E-state index contributed by atoms with van der Waals surface area (Å²) in [7, 11) is 0. The molecule has 0 saturated carbocycles. The van der Waals surface area contributed by atoms with Crippen molar-refractivity contribution in [2.45, 2.75) is 20.8 Å². The second kappa shape index (κ2) is 9.24. The lowest BCUT2D eigenvalue weighted by atomic mass is 10.1. The number of nitrogens with one attached hydrogen (secondary N) is 2. The highest BCUT2D eigenvalue weighted by atomic mass is 79.9. The number of aryl methyl sites for hydroxylation is 3. The smallest absolute Gasteiger partial charge is 0.276 e. The maximum absolute atomic E-state index is 11.8. The summed E-state index contributed by atoms with van der Waals surface area (Å²) in [4.78, 5) is 23.5. The summed E-state index contributed by atoms with van der Waals surface area (Å²) in [5.74, 6) is 0.277. The Labute approximate surface area is 161 Å². The summed E-state index contributed by atoms with van der Waals surface area (Å²) in [6.07, 6.45) is 0. The first-order chi connectivity index (χ1) is 12.3. The summed E-state index contributed by atoms with van der Waals surface area (Å²) < 4.78 is 11.8. The van der Waals surface area contributed by atoms with Crippen molar-refractivity contribution in [1.29, 1.82) is 0 Å². The molecule has 2 aromatic carbocycles. The van der Waals surface area contributed by atoms with Crippen molar-refractivity contribution in [2.75, 3.05) is 13.2 Å². The Morgan fingerprint density at radius 1 is 0.885 bits per heavy atom. The van der Waals surface area contributed by atoms with Gasteiger partial charge >= 0.3 is 0 Å². The molecule has 0 heterocycles. The van der Waals surface area contributed by atoms with Crippen LogP contribution in [0.1, 0.15) is 16.7 Å². The lowest BCUT2D eigenvalue weighted by Crippen LogP contribution is -2.45. The van der Waals surface area contributed by atoms with Crippen LogP contribution in [0.15, 0.2) is 40.9 Å². The van der Waals surface area contributed by atoms with Crippen molar-refractivity contribution in [1.82, 2.24) is 10.9 Å². The molecular weight excluding hydrogens is 400 g/mol. The highest BCUT2D eigenvalue weighted by Crippen LogP contribution is 2.21. The number of rotatable bonds is 6. The molecule has 0 aliphatic rings. The fraction of sp³-hybridized carbons (Fsp3) is 0.263. The van der Waals surface area contributed by atoms with Gasteiger partial charge in [-0.2, -0.15) is 0 Å². The quantitative estimate of drug-likeness (QED) is 0.704. The Morgan fingerprint density at radius 2 is 1.54 bits per heavy atom. The van der Waals surface area contributed by atoms with Crippen molar-refractivity contribution in [2.24, 2.45) is 0 Å². The molecule has 0 saturated heterocycles. The van der Waals surface area contributed by atoms with E-state index in [-0.39, 0.29) is 13.2 Å². The third kappa shape index (κ3) is 6.07. The Balaban J connectivity index is 1.71. The van der Waals surface area contributed by atoms with Gasteiger partial charge in [-0.3, -0.25) is 20.4 Å². The van der Waals surface area contributed by atoms with Gasteiger partial charge in [-0.05, 0) is 56.2 Å². The first-order valence-electron chi connectivity index (χ1n) is 8.02. The molecule has 0 atom stereocenters. The molecule has 7 heteroatoms. The highest BCUT2D eigenvalue weighted by molar-refractivity contribution is 9.10. The van der Waals surface area contributed by atoms with Crippen LogP contribution in [0.4, 0.5) is 0 Å². The SMILES string of the molecule is Cc1ccc(OCC(=O)NNC(=O)COc2ccc(Br)c(C)c2)c(C)c1. The molecule has 0 radical (unpaired) electrons. The van der Waals surface area contributed by atoms with Crippen molar-refractivity contribution in [3.63, 3.8) is 0 Å². The lowest BCUT2D eigenvalue weighted by molar-refractivity contribution is -0.131. The molecule has 2 N–H and O–H groups in total. The van der Waals surface area contributed by atoms with Crippen LogP contribution in [0.3, 0.4) is 0 Å². The molecule has 26 heavy (non-hydrogen) atoms. The van der Waals surface area contributed by atoms with Crippen LogP contribution in [0.2, 0.25) is 0 Å². The van der Waals surface area contributed by atoms with Crippen LogP contribution in [-0.4, -0.2) is 25.0 Å². The van der Waals surface area contributed by atoms with Crippen molar-refractivity contribution < 1.29 is 19.1 Å². The van der Waals surface area contributed by atoms with E-state index in [9.17, 15) is 9.59 Å².